The molecule has 0 spiro atoms. The Morgan fingerprint density at radius 2 is 2.25 bits per heavy atom. The van der Waals surface area contributed by atoms with E-state index in [0.717, 1.165) is 19.3 Å². The van der Waals surface area contributed by atoms with Crippen LogP contribution in [-0.2, 0) is 14.3 Å². The van der Waals surface area contributed by atoms with Crippen LogP contribution >= 0.6 is 0 Å². The number of carbonyl (C=O) groups excluding carboxylic acids is 1. The van der Waals surface area contributed by atoms with Gasteiger partial charge in [0.2, 0.25) is 5.78 Å². The predicted octanol–water partition coefficient (Wildman–Crippen LogP) is 2.29. The monoisotopic (exact) mass is 224 g/mol. The zero-order valence-corrected chi connectivity index (χ0v) is 10.3. The summed E-state index contributed by atoms with van der Waals surface area (Å²) in [4.78, 5) is 11.5. The van der Waals surface area contributed by atoms with Crippen molar-refractivity contribution in [2.24, 2.45) is 0 Å². The lowest BCUT2D eigenvalue weighted by atomic mass is 10.1. The Labute approximate surface area is 97.5 Å². The standard InChI is InChI=1S/C13H20O3/c1-4-5-6-7-11(14)10-12-8-9-15-13(2,3)16-12/h12H,4-5,8-10H2,1-3H3/t12-/m1/s1. The number of hydrogen-bond acceptors (Lipinski definition) is 3. The SMILES string of the molecule is CCCC#CC(=O)C[C@H]1CCOC(C)(C)O1. The topological polar surface area (TPSA) is 35.5 Å². The lowest BCUT2D eigenvalue weighted by Gasteiger charge is -2.35. The molecule has 1 fully saturated rings. The van der Waals surface area contributed by atoms with Crippen molar-refractivity contribution in [2.45, 2.75) is 58.3 Å². The Balaban J connectivity index is 2.37. The van der Waals surface area contributed by atoms with E-state index in [4.69, 9.17) is 9.47 Å². The van der Waals surface area contributed by atoms with Crippen LogP contribution in [0.25, 0.3) is 0 Å². The molecule has 0 saturated carbocycles. The number of rotatable bonds is 3. The van der Waals surface area contributed by atoms with Crippen LogP contribution in [0.3, 0.4) is 0 Å². The first-order chi connectivity index (χ1) is 7.53. The minimum atomic E-state index is -0.569. The fourth-order valence-electron chi connectivity index (χ4n) is 1.62. The number of hydrogen-bond donors (Lipinski definition) is 0. The van der Waals surface area contributed by atoms with E-state index in [0.29, 0.717) is 13.0 Å². The van der Waals surface area contributed by atoms with Gasteiger partial charge in [-0.05, 0) is 32.6 Å². The average molecular weight is 224 g/mol. The first kappa shape index (κ1) is 13.2. The fourth-order valence-corrected chi connectivity index (χ4v) is 1.62. The Hall–Kier alpha value is -0.850. The lowest BCUT2D eigenvalue weighted by molar-refractivity contribution is -0.272. The summed E-state index contributed by atoms with van der Waals surface area (Å²) in [5.74, 6) is 4.91. The molecule has 1 aliphatic rings. The summed E-state index contributed by atoms with van der Waals surface area (Å²) in [6.45, 7) is 6.43. The van der Waals surface area contributed by atoms with Crippen molar-refractivity contribution in [1.29, 1.82) is 0 Å². The minimum absolute atomic E-state index is 0.0313. The van der Waals surface area contributed by atoms with E-state index < -0.39 is 5.79 Å². The van der Waals surface area contributed by atoms with Gasteiger partial charge in [0.05, 0.1) is 12.7 Å². The highest BCUT2D eigenvalue weighted by molar-refractivity contribution is 5.95. The van der Waals surface area contributed by atoms with Crippen LogP contribution in [0.1, 0.15) is 46.5 Å². The fraction of sp³-hybridized carbons (Fsp3) is 0.769. The largest absolute Gasteiger partial charge is 0.350 e. The Kier molecular flexibility index (Phi) is 4.98. The molecule has 0 aromatic carbocycles. The van der Waals surface area contributed by atoms with Crippen molar-refractivity contribution in [2.75, 3.05) is 6.61 Å². The summed E-state index contributed by atoms with van der Waals surface area (Å²) in [7, 11) is 0. The van der Waals surface area contributed by atoms with E-state index >= 15 is 0 Å². The van der Waals surface area contributed by atoms with Crippen LogP contribution in [0.5, 0.6) is 0 Å². The second-order valence-corrected chi connectivity index (χ2v) is 4.46. The zero-order chi connectivity index (χ0) is 12.0. The molecule has 0 aromatic rings. The molecule has 1 atom stereocenters. The van der Waals surface area contributed by atoms with E-state index in [1.54, 1.807) is 0 Å². The molecule has 0 N–H and O–H groups in total. The minimum Gasteiger partial charge on any atom is -0.350 e. The van der Waals surface area contributed by atoms with E-state index in [1.807, 2.05) is 20.8 Å². The quantitative estimate of drug-likeness (QED) is 0.545. The van der Waals surface area contributed by atoms with E-state index in [9.17, 15) is 4.79 Å². The molecule has 16 heavy (non-hydrogen) atoms. The maximum absolute atomic E-state index is 11.5. The molecule has 1 heterocycles. The molecule has 90 valence electrons. The van der Waals surface area contributed by atoms with Gasteiger partial charge in [0.1, 0.15) is 0 Å². The molecule has 0 aromatic heterocycles. The van der Waals surface area contributed by atoms with Crippen molar-refractivity contribution in [3.63, 3.8) is 0 Å². The highest BCUT2D eigenvalue weighted by Gasteiger charge is 2.30. The van der Waals surface area contributed by atoms with E-state index in [2.05, 4.69) is 11.8 Å². The first-order valence-corrected chi connectivity index (χ1v) is 5.87. The van der Waals surface area contributed by atoms with Crippen molar-refractivity contribution in [3.05, 3.63) is 0 Å². The molecular formula is C13H20O3. The van der Waals surface area contributed by atoms with Crippen LogP contribution in [0.15, 0.2) is 0 Å². The van der Waals surface area contributed by atoms with Gasteiger partial charge >= 0.3 is 0 Å². The average Bonchev–Trinajstić information content (AvgIpc) is 2.16. The number of unbranched alkanes of at least 4 members (excludes halogenated alkanes) is 1. The second-order valence-electron chi connectivity index (χ2n) is 4.46. The van der Waals surface area contributed by atoms with Crippen molar-refractivity contribution in [1.82, 2.24) is 0 Å². The van der Waals surface area contributed by atoms with Crippen LogP contribution in [0.2, 0.25) is 0 Å². The van der Waals surface area contributed by atoms with Gasteiger partial charge in [-0.3, -0.25) is 4.79 Å². The molecule has 0 radical (unpaired) electrons. The van der Waals surface area contributed by atoms with Crippen LogP contribution in [-0.4, -0.2) is 24.3 Å². The van der Waals surface area contributed by atoms with Gasteiger partial charge in [-0.15, -0.1) is 0 Å². The summed E-state index contributed by atoms with van der Waals surface area (Å²) in [5.41, 5.74) is 0. The van der Waals surface area contributed by atoms with Crippen molar-refractivity contribution in [3.8, 4) is 11.8 Å². The van der Waals surface area contributed by atoms with E-state index in [1.165, 1.54) is 0 Å². The molecule has 1 saturated heterocycles. The van der Waals surface area contributed by atoms with Gasteiger partial charge in [-0.25, -0.2) is 0 Å². The number of ketones is 1. The number of Topliss-reactive ketones (excluding diaryl/α,β-unsaturated/α-hetero) is 1. The maximum Gasteiger partial charge on any atom is 0.208 e. The summed E-state index contributed by atoms with van der Waals surface area (Å²) >= 11 is 0. The summed E-state index contributed by atoms with van der Waals surface area (Å²) in [6, 6.07) is 0. The van der Waals surface area contributed by atoms with Gasteiger partial charge in [-0.1, -0.05) is 12.8 Å². The number of ether oxygens (including phenoxy) is 2. The third kappa shape index (κ3) is 4.78. The zero-order valence-electron chi connectivity index (χ0n) is 10.3. The van der Waals surface area contributed by atoms with E-state index in [-0.39, 0.29) is 11.9 Å². The predicted molar refractivity (Wildman–Crippen MR) is 61.8 cm³/mol. The Morgan fingerprint density at radius 3 is 2.88 bits per heavy atom. The highest BCUT2D eigenvalue weighted by Crippen LogP contribution is 2.23. The van der Waals surface area contributed by atoms with Crippen molar-refractivity contribution >= 4 is 5.78 Å². The molecule has 0 bridgehead atoms. The molecule has 3 nitrogen and oxygen atoms in total. The third-order valence-corrected chi connectivity index (χ3v) is 2.36. The van der Waals surface area contributed by atoms with Crippen LogP contribution in [0, 0.1) is 11.8 Å². The van der Waals surface area contributed by atoms with Crippen molar-refractivity contribution < 1.29 is 14.3 Å². The maximum atomic E-state index is 11.5. The highest BCUT2D eigenvalue weighted by atomic mass is 16.7. The molecule has 1 aliphatic heterocycles. The first-order valence-electron chi connectivity index (χ1n) is 5.87. The molecule has 1 rings (SSSR count). The van der Waals surface area contributed by atoms with Gasteiger partial charge in [0, 0.05) is 12.8 Å². The summed E-state index contributed by atoms with van der Waals surface area (Å²) < 4.78 is 11.0. The Bertz CT molecular complexity index is 296. The lowest BCUT2D eigenvalue weighted by Crippen LogP contribution is -2.40. The van der Waals surface area contributed by atoms with Gasteiger partial charge in [0.25, 0.3) is 0 Å². The van der Waals surface area contributed by atoms with Gasteiger partial charge in [-0.2, -0.15) is 0 Å². The van der Waals surface area contributed by atoms with Gasteiger partial charge < -0.3 is 9.47 Å². The summed E-state index contributed by atoms with van der Waals surface area (Å²) in [6.07, 6.45) is 2.87. The molecule has 0 aliphatic carbocycles. The second kappa shape index (κ2) is 6.03. The molecule has 0 amide bonds. The van der Waals surface area contributed by atoms with Crippen LogP contribution in [0.4, 0.5) is 0 Å². The smallest absolute Gasteiger partial charge is 0.208 e. The summed E-state index contributed by atoms with van der Waals surface area (Å²) in [5, 5.41) is 0. The third-order valence-electron chi connectivity index (χ3n) is 2.36. The molecule has 0 unspecified atom stereocenters. The normalized spacial score (nSPS) is 23.3. The molecular weight excluding hydrogens is 204 g/mol. The van der Waals surface area contributed by atoms with Crippen LogP contribution < -0.4 is 0 Å². The number of carbonyl (C=O) groups is 1. The Morgan fingerprint density at radius 1 is 1.50 bits per heavy atom. The molecule has 3 heteroatoms. The van der Waals surface area contributed by atoms with Gasteiger partial charge in [0.15, 0.2) is 5.79 Å².